The van der Waals surface area contributed by atoms with E-state index in [1.807, 2.05) is 12.1 Å². The van der Waals surface area contributed by atoms with Gasteiger partial charge in [0.1, 0.15) is 11.6 Å². The second-order valence-electron chi connectivity index (χ2n) is 6.87. The first-order valence-corrected chi connectivity index (χ1v) is 9.55. The highest BCUT2D eigenvalue weighted by Gasteiger charge is 2.15. The maximum absolute atomic E-state index is 12.5. The first-order chi connectivity index (χ1) is 14.1. The molecule has 1 amide bonds. The van der Waals surface area contributed by atoms with Gasteiger partial charge in [-0.2, -0.15) is 4.68 Å². The number of hydrogen-bond acceptors (Lipinski definition) is 5. The molecule has 0 atom stereocenters. The number of nitrogens with zero attached hydrogens (tertiary/aromatic N) is 3. The number of hydrogen-bond donors (Lipinski definition) is 1. The highest BCUT2D eigenvalue weighted by molar-refractivity contribution is 6.04. The van der Waals surface area contributed by atoms with Gasteiger partial charge in [-0.3, -0.25) is 9.59 Å². The molecule has 0 spiro atoms. The van der Waals surface area contributed by atoms with Crippen molar-refractivity contribution in [3.05, 3.63) is 76.6 Å². The van der Waals surface area contributed by atoms with E-state index >= 15 is 0 Å². The lowest BCUT2D eigenvalue weighted by Crippen LogP contribution is -2.26. The van der Waals surface area contributed by atoms with Gasteiger partial charge in [-0.25, -0.2) is 0 Å². The van der Waals surface area contributed by atoms with Gasteiger partial charge in [0.2, 0.25) is 0 Å². The van der Waals surface area contributed by atoms with Crippen LogP contribution in [0.5, 0.6) is 5.75 Å². The number of methoxy groups -OCH3 is 1. The van der Waals surface area contributed by atoms with E-state index in [1.165, 1.54) is 10.7 Å². The number of amides is 1. The first kappa shape index (κ1) is 18.7. The number of anilines is 2. The fraction of sp³-hybridized carbons (Fsp3) is 0.227. The van der Waals surface area contributed by atoms with Crippen molar-refractivity contribution in [3.8, 4) is 11.4 Å². The Hall–Kier alpha value is -3.61. The quantitative estimate of drug-likeness (QED) is 0.725. The van der Waals surface area contributed by atoms with Crippen molar-refractivity contribution in [1.82, 2.24) is 9.78 Å². The molecule has 2 heterocycles. The maximum atomic E-state index is 12.5. The van der Waals surface area contributed by atoms with Crippen LogP contribution in [0.15, 0.2) is 65.5 Å². The largest absolute Gasteiger partial charge is 0.497 e. The molecule has 3 aromatic rings. The second kappa shape index (κ2) is 8.18. The van der Waals surface area contributed by atoms with Crippen LogP contribution in [0, 0.1) is 0 Å². The smallest absolute Gasteiger partial charge is 0.271 e. The Labute approximate surface area is 168 Å². The van der Waals surface area contributed by atoms with Crippen molar-refractivity contribution in [2.24, 2.45) is 0 Å². The molecule has 1 aliphatic rings. The van der Waals surface area contributed by atoms with E-state index in [4.69, 9.17) is 4.74 Å². The molecule has 0 radical (unpaired) electrons. The van der Waals surface area contributed by atoms with E-state index in [-0.39, 0.29) is 11.5 Å². The summed E-state index contributed by atoms with van der Waals surface area (Å²) in [6.07, 6.45) is 2.27. The molecule has 7 nitrogen and oxygen atoms in total. The van der Waals surface area contributed by atoms with Gasteiger partial charge < -0.3 is 15.0 Å². The van der Waals surface area contributed by atoms with E-state index < -0.39 is 0 Å². The molecule has 1 saturated heterocycles. The molecule has 4 rings (SSSR count). The van der Waals surface area contributed by atoms with Gasteiger partial charge in [0.25, 0.3) is 11.5 Å². The van der Waals surface area contributed by atoms with Gasteiger partial charge in [-0.1, -0.05) is 6.07 Å². The molecule has 1 aliphatic heterocycles. The normalized spacial score (nSPS) is 13.3. The van der Waals surface area contributed by atoms with Gasteiger partial charge in [0.15, 0.2) is 0 Å². The molecule has 2 aromatic carbocycles. The lowest BCUT2D eigenvalue weighted by atomic mass is 10.2. The maximum Gasteiger partial charge on any atom is 0.271 e. The number of aromatic nitrogens is 2. The Kier molecular flexibility index (Phi) is 5.29. The van der Waals surface area contributed by atoms with Crippen LogP contribution >= 0.6 is 0 Å². The Bertz CT molecular complexity index is 1070. The van der Waals surface area contributed by atoms with E-state index in [1.54, 1.807) is 49.6 Å². The fourth-order valence-corrected chi connectivity index (χ4v) is 3.36. The van der Waals surface area contributed by atoms with Crippen LogP contribution in [0.2, 0.25) is 0 Å². The molecule has 0 unspecified atom stereocenters. The summed E-state index contributed by atoms with van der Waals surface area (Å²) in [7, 11) is 1.58. The van der Waals surface area contributed by atoms with Crippen molar-refractivity contribution in [2.45, 2.75) is 12.8 Å². The predicted molar refractivity (Wildman–Crippen MR) is 112 cm³/mol. The van der Waals surface area contributed by atoms with Gasteiger partial charge in [0, 0.05) is 36.5 Å². The van der Waals surface area contributed by atoms with Gasteiger partial charge in [0.05, 0.1) is 12.8 Å². The second-order valence-corrected chi connectivity index (χ2v) is 6.87. The van der Waals surface area contributed by atoms with Crippen molar-refractivity contribution in [3.63, 3.8) is 0 Å². The summed E-state index contributed by atoms with van der Waals surface area (Å²) in [6.45, 7) is 1.91. The molecule has 7 heteroatoms. The number of ether oxygens (including phenoxy) is 1. The minimum Gasteiger partial charge on any atom is -0.497 e. The van der Waals surface area contributed by atoms with Crippen LogP contribution in [0.1, 0.15) is 23.2 Å². The zero-order valence-electron chi connectivity index (χ0n) is 16.2. The Balaban J connectivity index is 1.53. The van der Waals surface area contributed by atoms with Crippen LogP contribution in [-0.4, -0.2) is 35.9 Å². The summed E-state index contributed by atoms with van der Waals surface area (Å²) in [5, 5.41) is 7.34. The number of carbonyl (C=O) groups excluding carboxylic acids is 1. The molecule has 1 N–H and O–H groups in total. The Morgan fingerprint density at radius 1 is 1.03 bits per heavy atom. The molecule has 0 aliphatic carbocycles. The Morgan fingerprint density at radius 2 is 1.79 bits per heavy atom. The molecular formula is C22H22N4O3. The number of benzene rings is 2. The van der Waals surface area contributed by atoms with Crippen molar-refractivity contribution in [1.29, 1.82) is 0 Å². The van der Waals surface area contributed by atoms with Crippen molar-refractivity contribution >= 4 is 17.4 Å². The van der Waals surface area contributed by atoms with Crippen LogP contribution in [0.4, 0.5) is 11.5 Å². The molecule has 1 aromatic heterocycles. The number of nitrogens with one attached hydrogen (secondary N) is 1. The zero-order chi connectivity index (χ0) is 20.2. The third-order valence-corrected chi connectivity index (χ3v) is 4.92. The summed E-state index contributed by atoms with van der Waals surface area (Å²) in [5.74, 6) is 1.22. The molecule has 148 valence electrons. The minimum absolute atomic E-state index is 0.207. The van der Waals surface area contributed by atoms with Gasteiger partial charge in [-0.15, -0.1) is 5.10 Å². The molecule has 0 bridgehead atoms. The van der Waals surface area contributed by atoms with Crippen molar-refractivity contribution in [2.75, 3.05) is 30.4 Å². The van der Waals surface area contributed by atoms with Gasteiger partial charge >= 0.3 is 0 Å². The lowest BCUT2D eigenvalue weighted by Gasteiger charge is -2.17. The first-order valence-electron chi connectivity index (χ1n) is 9.55. The zero-order valence-corrected chi connectivity index (χ0v) is 16.2. The lowest BCUT2D eigenvalue weighted by molar-refractivity contribution is 0.102. The predicted octanol–water partition coefficient (Wildman–Crippen LogP) is 3.09. The summed E-state index contributed by atoms with van der Waals surface area (Å²) in [4.78, 5) is 27.0. The summed E-state index contributed by atoms with van der Waals surface area (Å²) < 4.78 is 6.54. The SMILES string of the molecule is COc1cccc(NC(=O)c2ccc(-n3nc(N4CCCC4)ccc3=O)cc2)c1. The number of carbonyl (C=O) groups is 1. The molecule has 0 saturated carbocycles. The molecule has 29 heavy (non-hydrogen) atoms. The van der Waals surface area contributed by atoms with E-state index in [0.29, 0.717) is 22.7 Å². The van der Waals surface area contributed by atoms with Crippen LogP contribution in [0.25, 0.3) is 5.69 Å². The highest BCUT2D eigenvalue weighted by Crippen LogP contribution is 2.19. The summed E-state index contributed by atoms with van der Waals surface area (Å²) in [5.41, 5.74) is 1.55. The monoisotopic (exact) mass is 390 g/mol. The highest BCUT2D eigenvalue weighted by atomic mass is 16.5. The average molecular weight is 390 g/mol. The van der Waals surface area contributed by atoms with Crippen LogP contribution in [-0.2, 0) is 0 Å². The third kappa shape index (κ3) is 4.13. The fourth-order valence-electron chi connectivity index (χ4n) is 3.36. The van der Waals surface area contributed by atoms with E-state index in [2.05, 4.69) is 15.3 Å². The molecule has 1 fully saturated rings. The van der Waals surface area contributed by atoms with Crippen LogP contribution < -0.4 is 20.5 Å². The third-order valence-electron chi connectivity index (χ3n) is 4.92. The van der Waals surface area contributed by atoms with Crippen LogP contribution in [0.3, 0.4) is 0 Å². The molecular weight excluding hydrogens is 368 g/mol. The standard InChI is InChI=1S/C22H22N4O3/c1-29-19-6-4-5-17(15-19)23-22(28)16-7-9-18(10-8-16)26-21(27)12-11-20(24-26)25-13-2-3-14-25/h4-12,15H,2-3,13-14H2,1H3,(H,23,28). The van der Waals surface area contributed by atoms with E-state index in [9.17, 15) is 9.59 Å². The average Bonchev–Trinajstić information content (AvgIpc) is 3.29. The summed E-state index contributed by atoms with van der Waals surface area (Å²) >= 11 is 0. The van der Waals surface area contributed by atoms with Gasteiger partial charge in [-0.05, 0) is 55.3 Å². The Morgan fingerprint density at radius 3 is 2.52 bits per heavy atom. The number of rotatable bonds is 5. The minimum atomic E-state index is -0.240. The van der Waals surface area contributed by atoms with Crippen molar-refractivity contribution < 1.29 is 9.53 Å². The topological polar surface area (TPSA) is 76.5 Å². The summed E-state index contributed by atoms with van der Waals surface area (Å²) in [6, 6.07) is 17.3. The van der Waals surface area contributed by atoms with E-state index in [0.717, 1.165) is 31.7 Å².